The summed E-state index contributed by atoms with van der Waals surface area (Å²) in [7, 11) is 0. The molecule has 0 N–H and O–H groups in total. The Hall–Kier alpha value is -0.860. The molecule has 3 rings (SSSR count). The molecule has 0 aromatic heterocycles. The molecule has 2 heterocycles. The lowest BCUT2D eigenvalue weighted by Crippen LogP contribution is -2.48. The van der Waals surface area contributed by atoms with E-state index in [0.717, 1.165) is 37.3 Å². The highest BCUT2D eigenvalue weighted by atomic mass is 35.5. The quantitative estimate of drug-likeness (QED) is 0.820. The first-order valence-electron chi connectivity index (χ1n) is 7.25. The summed E-state index contributed by atoms with van der Waals surface area (Å²) in [5.41, 5.74) is 2.54. The van der Waals surface area contributed by atoms with Crippen LogP contribution in [-0.4, -0.2) is 23.3 Å². The van der Waals surface area contributed by atoms with Crippen molar-refractivity contribution in [3.63, 3.8) is 0 Å². The SMILES string of the molecule is CCC[C@@H]1CC(=O)C[C@H]2c3c(Cl)cccc3CCN12. The second-order valence-electron chi connectivity index (χ2n) is 5.71. The van der Waals surface area contributed by atoms with E-state index in [0.29, 0.717) is 18.2 Å². The maximum absolute atomic E-state index is 12.1. The number of Topliss-reactive ketones (excluding diaryl/α,β-unsaturated/α-hetero) is 1. The van der Waals surface area contributed by atoms with Gasteiger partial charge in [0.05, 0.1) is 0 Å². The zero-order valence-electron chi connectivity index (χ0n) is 11.4. The number of hydrogen-bond donors (Lipinski definition) is 0. The summed E-state index contributed by atoms with van der Waals surface area (Å²) in [5.74, 6) is 0.396. The van der Waals surface area contributed by atoms with Gasteiger partial charge < -0.3 is 0 Å². The number of nitrogens with zero attached hydrogens (tertiary/aromatic N) is 1. The Bertz CT molecular complexity index is 500. The van der Waals surface area contributed by atoms with Gasteiger partial charge in [0.1, 0.15) is 5.78 Å². The monoisotopic (exact) mass is 277 g/mol. The molecule has 2 aliphatic heterocycles. The van der Waals surface area contributed by atoms with E-state index in [1.54, 1.807) is 0 Å². The smallest absolute Gasteiger partial charge is 0.136 e. The highest BCUT2D eigenvalue weighted by molar-refractivity contribution is 6.31. The Balaban J connectivity index is 1.98. The number of carbonyl (C=O) groups excluding carboxylic acids is 1. The van der Waals surface area contributed by atoms with E-state index in [4.69, 9.17) is 11.6 Å². The number of fused-ring (bicyclic) bond motifs is 3. The fourth-order valence-corrected chi connectivity index (χ4v) is 4.00. The van der Waals surface area contributed by atoms with E-state index in [9.17, 15) is 4.79 Å². The first-order valence-corrected chi connectivity index (χ1v) is 7.63. The fourth-order valence-electron chi connectivity index (χ4n) is 3.68. The highest BCUT2D eigenvalue weighted by Gasteiger charge is 2.38. The Morgan fingerprint density at radius 3 is 3.00 bits per heavy atom. The summed E-state index contributed by atoms with van der Waals surface area (Å²) in [6.07, 6.45) is 4.67. The Morgan fingerprint density at radius 1 is 1.37 bits per heavy atom. The summed E-state index contributed by atoms with van der Waals surface area (Å²) in [4.78, 5) is 14.6. The van der Waals surface area contributed by atoms with Crippen molar-refractivity contribution in [2.24, 2.45) is 0 Å². The van der Waals surface area contributed by atoms with Gasteiger partial charge in [-0.05, 0) is 30.0 Å². The van der Waals surface area contributed by atoms with Crippen LogP contribution in [0.1, 0.15) is 49.8 Å². The van der Waals surface area contributed by atoms with Gasteiger partial charge in [-0.1, -0.05) is 37.1 Å². The summed E-state index contributed by atoms with van der Waals surface area (Å²) >= 11 is 6.40. The normalized spacial score (nSPS) is 26.9. The number of piperidine rings is 1. The first kappa shape index (κ1) is 13.1. The molecule has 2 aliphatic rings. The van der Waals surface area contributed by atoms with Crippen LogP contribution in [0.25, 0.3) is 0 Å². The number of hydrogen-bond acceptors (Lipinski definition) is 2. The minimum atomic E-state index is 0.218. The van der Waals surface area contributed by atoms with Gasteiger partial charge >= 0.3 is 0 Å². The Kier molecular flexibility index (Phi) is 3.64. The van der Waals surface area contributed by atoms with Crippen LogP contribution in [0.15, 0.2) is 18.2 Å². The van der Waals surface area contributed by atoms with Crippen molar-refractivity contribution in [1.82, 2.24) is 4.90 Å². The van der Waals surface area contributed by atoms with Crippen molar-refractivity contribution < 1.29 is 4.79 Å². The predicted molar refractivity (Wildman–Crippen MR) is 77.5 cm³/mol. The van der Waals surface area contributed by atoms with Crippen LogP contribution in [0.4, 0.5) is 0 Å². The molecule has 2 atom stereocenters. The van der Waals surface area contributed by atoms with Gasteiger partial charge in [-0.25, -0.2) is 0 Å². The van der Waals surface area contributed by atoms with Crippen molar-refractivity contribution in [2.75, 3.05) is 6.54 Å². The van der Waals surface area contributed by atoms with E-state index < -0.39 is 0 Å². The van der Waals surface area contributed by atoms with Gasteiger partial charge in [-0.3, -0.25) is 9.69 Å². The van der Waals surface area contributed by atoms with E-state index >= 15 is 0 Å². The average Bonchev–Trinajstić information content (AvgIpc) is 2.38. The van der Waals surface area contributed by atoms with Crippen LogP contribution in [0.2, 0.25) is 5.02 Å². The van der Waals surface area contributed by atoms with Crippen molar-refractivity contribution in [3.05, 3.63) is 34.3 Å². The molecule has 3 heteroatoms. The van der Waals surface area contributed by atoms with Gasteiger partial charge in [0.15, 0.2) is 0 Å². The summed E-state index contributed by atoms with van der Waals surface area (Å²) in [6, 6.07) is 6.77. The minimum absolute atomic E-state index is 0.218. The van der Waals surface area contributed by atoms with E-state index in [1.807, 2.05) is 12.1 Å². The molecular formula is C16H20ClNO. The van der Waals surface area contributed by atoms with Crippen LogP contribution in [0, 0.1) is 0 Å². The maximum atomic E-state index is 12.1. The zero-order chi connectivity index (χ0) is 13.4. The van der Waals surface area contributed by atoms with Crippen LogP contribution in [0.5, 0.6) is 0 Å². The molecule has 0 spiro atoms. The lowest BCUT2D eigenvalue weighted by atomic mass is 9.82. The largest absolute Gasteiger partial charge is 0.300 e. The van der Waals surface area contributed by atoms with Crippen LogP contribution in [-0.2, 0) is 11.2 Å². The van der Waals surface area contributed by atoms with Crippen molar-refractivity contribution in [1.29, 1.82) is 0 Å². The molecule has 0 radical (unpaired) electrons. The van der Waals surface area contributed by atoms with Crippen LogP contribution in [0.3, 0.4) is 0 Å². The maximum Gasteiger partial charge on any atom is 0.136 e. The third-order valence-electron chi connectivity index (χ3n) is 4.49. The molecular weight excluding hydrogens is 258 g/mol. The molecule has 1 saturated heterocycles. The molecule has 102 valence electrons. The van der Waals surface area contributed by atoms with E-state index in [-0.39, 0.29) is 6.04 Å². The summed E-state index contributed by atoms with van der Waals surface area (Å²) < 4.78 is 0. The predicted octanol–water partition coefficient (Wildman–Crippen LogP) is 3.77. The number of rotatable bonds is 2. The molecule has 0 saturated carbocycles. The minimum Gasteiger partial charge on any atom is -0.300 e. The van der Waals surface area contributed by atoms with Gasteiger partial charge in [-0.2, -0.15) is 0 Å². The van der Waals surface area contributed by atoms with E-state index in [2.05, 4.69) is 17.9 Å². The number of ketones is 1. The molecule has 0 aliphatic carbocycles. The topological polar surface area (TPSA) is 20.3 Å². The molecule has 0 unspecified atom stereocenters. The Labute approximate surface area is 119 Å². The summed E-state index contributed by atoms with van der Waals surface area (Å²) in [5, 5.41) is 0.831. The van der Waals surface area contributed by atoms with Crippen molar-refractivity contribution in [3.8, 4) is 0 Å². The third kappa shape index (κ3) is 2.32. The highest BCUT2D eigenvalue weighted by Crippen LogP contribution is 2.42. The van der Waals surface area contributed by atoms with Gasteiger partial charge in [0.2, 0.25) is 0 Å². The number of halogens is 1. The van der Waals surface area contributed by atoms with Crippen molar-refractivity contribution in [2.45, 2.75) is 51.1 Å². The third-order valence-corrected chi connectivity index (χ3v) is 4.82. The van der Waals surface area contributed by atoms with Crippen molar-refractivity contribution >= 4 is 17.4 Å². The lowest BCUT2D eigenvalue weighted by Gasteiger charge is -2.45. The molecule has 19 heavy (non-hydrogen) atoms. The summed E-state index contributed by atoms with van der Waals surface area (Å²) in [6.45, 7) is 3.26. The molecule has 1 aromatic rings. The molecule has 0 bridgehead atoms. The van der Waals surface area contributed by atoms with Gasteiger partial charge in [0, 0.05) is 36.5 Å². The molecule has 2 nitrogen and oxygen atoms in total. The molecule has 1 aromatic carbocycles. The first-order chi connectivity index (χ1) is 9.20. The number of benzene rings is 1. The number of carbonyl (C=O) groups is 1. The van der Waals surface area contributed by atoms with Gasteiger partial charge in [0.25, 0.3) is 0 Å². The molecule has 1 fully saturated rings. The second-order valence-corrected chi connectivity index (χ2v) is 6.11. The van der Waals surface area contributed by atoms with Crippen LogP contribution < -0.4 is 0 Å². The molecule has 0 amide bonds. The van der Waals surface area contributed by atoms with Gasteiger partial charge in [-0.15, -0.1) is 0 Å². The zero-order valence-corrected chi connectivity index (χ0v) is 12.1. The van der Waals surface area contributed by atoms with Crippen LogP contribution >= 0.6 is 11.6 Å². The second kappa shape index (κ2) is 5.26. The van der Waals surface area contributed by atoms with E-state index in [1.165, 1.54) is 11.1 Å². The lowest BCUT2D eigenvalue weighted by molar-refractivity contribution is -0.126. The Morgan fingerprint density at radius 2 is 2.21 bits per heavy atom. The standard InChI is InChI=1S/C16H20ClNO/c1-2-4-12-9-13(19)10-15-16-11(7-8-18(12)15)5-3-6-14(16)17/h3,5-6,12,15H,2,4,7-10H2,1H3/t12-,15+/m1/s1. The fraction of sp³-hybridized carbons (Fsp3) is 0.562. The average molecular weight is 278 g/mol.